The standard InChI is InChI=1S/C22H16F2N2O2S/c23-16-8-11-19(18(24)12-16)26-20(27)13-29-22(26)15-6-9-17(10-7-15)25-21(28)14-4-2-1-3-5-14/h1-12,22H,13H2,(H,25,28). The van der Waals surface area contributed by atoms with Gasteiger partial charge in [0.25, 0.3) is 5.91 Å². The maximum atomic E-state index is 14.2. The van der Waals surface area contributed by atoms with Gasteiger partial charge in [-0.15, -0.1) is 11.8 Å². The highest BCUT2D eigenvalue weighted by molar-refractivity contribution is 8.00. The van der Waals surface area contributed by atoms with Gasteiger partial charge >= 0.3 is 0 Å². The molecule has 0 aromatic heterocycles. The first-order valence-corrected chi connectivity index (χ1v) is 9.93. The molecule has 0 bridgehead atoms. The summed E-state index contributed by atoms with van der Waals surface area (Å²) in [5.41, 5.74) is 1.98. The van der Waals surface area contributed by atoms with Crippen LogP contribution in [0.1, 0.15) is 21.3 Å². The predicted octanol–water partition coefficient (Wildman–Crippen LogP) is 5.00. The van der Waals surface area contributed by atoms with E-state index in [2.05, 4.69) is 5.32 Å². The Morgan fingerprint density at radius 2 is 1.72 bits per heavy atom. The van der Waals surface area contributed by atoms with Crippen molar-refractivity contribution in [1.82, 2.24) is 0 Å². The minimum Gasteiger partial charge on any atom is -0.322 e. The van der Waals surface area contributed by atoms with Crippen LogP contribution in [0.15, 0.2) is 72.8 Å². The summed E-state index contributed by atoms with van der Waals surface area (Å²) in [4.78, 5) is 26.0. The zero-order chi connectivity index (χ0) is 20.4. The number of carbonyl (C=O) groups is 2. The summed E-state index contributed by atoms with van der Waals surface area (Å²) >= 11 is 1.36. The van der Waals surface area contributed by atoms with Gasteiger partial charge in [-0.3, -0.25) is 14.5 Å². The highest BCUT2D eigenvalue weighted by atomic mass is 32.2. The van der Waals surface area contributed by atoms with Crippen LogP contribution in [0.25, 0.3) is 0 Å². The van der Waals surface area contributed by atoms with Crippen molar-refractivity contribution in [1.29, 1.82) is 0 Å². The molecule has 7 heteroatoms. The van der Waals surface area contributed by atoms with E-state index in [0.29, 0.717) is 11.3 Å². The summed E-state index contributed by atoms with van der Waals surface area (Å²) in [7, 11) is 0. The molecule has 1 heterocycles. The number of amides is 2. The van der Waals surface area contributed by atoms with Crippen molar-refractivity contribution < 1.29 is 18.4 Å². The van der Waals surface area contributed by atoms with Crippen LogP contribution in [0.5, 0.6) is 0 Å². The second kappa shape index (κ2) is 8.05. The highest BCUT2D eigenvalue weighted by Crippen LogP contribution is 2.42. The number of benzene rings is 3. The van der Waals surface area contributed by atoms with Crippen molar-refractivity contribution in [3.8, 4) is 0 Å². The van der Waals surface area contributed by atoms with Crippen LogP contribution in [0.4, 0.5) is 20.2 Å². The van der Waals surface area contributed by atoms with E-state index in [-0.39, 0.29) is 23.3 Å². The second-order valence-electron chi connectivity index (χ2n) is 6.46. The Bertz CT molecular complexity index is 1060. The molecule has 3 aromatic carbocycles. The molecule has 29 heavy (non-hydrogen) atoms. The van der Waals surface area contributed by atoms with E-state index in [9.17, 15) is 18.4 Å². The van der Waals surface area contributed by atoms with Crippen molar-refractivity contribution in [2.45, 2.75) is 5.37 Å². The molecule has 0 radical (unpaired) electrons. The quantitative estimate of drug-likeness (QED) is 0.659. The first-order valence-electron chi connectivity index (χ1n) is 8.88. The molecule has 1 N–H and O–H groups in total. The third kappa shape index (κ3) is 4.00. The van der Waals surface area contributed by atoms with Crippen LogP contribution in [0, 0.1) is 11.6 Å². The van der Waals surface area contributed by atoms with E-state index in [1.807, 2.05) is 6.07 Å². The van der Waals surface area contributed by atoms with Crippen LogP contribution in [0.3, 0.4) is 0 Å². The van der Waals surface area contributed by atoms with E-state index in [4.69, 9.17) is 0 Å². The van der Waals surface area contributed by atoms with E-state index >= 15 is 0 Å². The smallest absolute Gasteiger partial charge is 0.255 e. The molecule has 1 fully saturated rings. The van der Waals surface area contributed by atoms with Crippen LogP contribution < -0.4 is 10.2 Å². The molecule has 0 spiro atoms. The van der Waals surface area contributed by atoms with Crippen LogP contribution in [-0.4, -0.2) is 17.6 Å². The first kappa shape index (κ1) is 19.1. The first-order chi connectivity index (χ1) is 14.0. The number of carbonyl (C=O) groups excluding carboxylic acids is 2. The molecule has 1 aliphatic heterocycles. The van der Waals surface area contributed by atoms with Crippen molar-refractivity contribution in [2.24, 2.45) is 0 Å². The predicted molar refractivity (Wildman–Crippen MR) is 110 cm³/mol. The Morgan fingerprint density at radius 1 is 1.00 bits per heavy atom. The normalized spacial score (nSPS) is 16.1. The SMILES string of the molecule is O=C(Nc1ccc(C2SCC(=O)N2c2ccc(F)cc2F)cc1)c1ccccc1. The Morgan fingerprint density at radius 3 is 2.41 bits per heavy atom. The van der Waals surface area contributed by atoms with Gasteiger partial charge in [0, 0.05) is 17.3 Å². The van der Waals surface area contributed by atoms with Crippen LogP contribution in [0.2, 0.25) is 0 Å². The van der Waals surface area contributed by atoms with Gasteiger partial charge < -0.3 is 5.32 Å². The average molecular weight is 410 g/mol. The number of nitrogens with one attached hydrogen (secondary N) is 1. The molecule has 1 aliphatic rings. The lowest BCUT2D eigenvalue weighted by molar-refractivity contribution is -0.115. The Kier molecular flexibility index (Phi) is 5.31. The number of hydrogen-bond acceptors (Lipinski definition) is 3. The summed E-state index contributed by atoms with van der Waals surface area (Å²) in [5.74, 6) is -1.74. The Hall–Kier alpha value is -3.19. The summed E-state index contributed by atoms with van der Waals surface area (Å²) in [6.07, 6.45) is 0. The molecule has 4 nitrogen and oxygen atoms in total. The van der Waals surface area contributed by atoms with Crippen LogP contribution in [-0.2, 0) is 4.79 Å². The minimum absolute atomic E-state index is 0.0489. The van der Waals surface area contributed by atoms with E-state index in [0.717, 1.165) is 17.7 Å². The second-order valence-corrected chi connectivity index (χ2v) is 7.53. The van der Waals surface area contributed by atoms with Gasteiger partial charge in [-0.25, -0.2) is 8.78 Å². The number of hydrogen-bond donors (Lipinski definition) is 1. The molecule has 1 unspecified atom stereocenters. The fourth-order valence-electron chi connectivity index (χ4n) is 3.13. The fraction of sp³-hybridized carbons (Fsp3) is 0.0909. The van der Waals surface area contributed by atoms with E-state index in [1.165, 1.54) is 22.7 Å². The minimum atomic E-state index is -0.780. The molecular weight excluding hydrogens is 394 g/mol. The molecule has 4 rings (SSSR count). The van der Waals surface area contributed by atoms with Crippen molar-refractivity contribution >= 4 is 35.0 Å². The lowest BCUT2D eigenvalue weighted by Crippen LogP contribution is -2.28. The molecule has 1 saturated heterocycles. The van der Waals surface area contributed by atoms with Gasteiger partial charge in [-0.1, -0.05) is 30.3 Å². The fourth-order valence-corrected chi connectivity index (χ4v) is 4.30. The number of anilines is 2. The van der Waals surface area contributed by atoms with Gasteiger partial charge in [0.2, 0.25) is 5.91 Å². The highest BCUT2D eigenvalue weighted by Gasteiger charge is 2.35. The Labute approximate surface area is 170 Å². The summed E-state index contributed by atoms with van der Waals surface area (Å²) in [5, 5.41) is 2.39. The largest absolute Gasteiger partial charge is 0.322 e. The molecular formula is C22H16F2N2O2S. The van der Waals surface area contributed by atoms with Gasteiger partial charge in [-0.05, 0) is 42.0 Å². The Balaban J connectivity index is 1.55. The van der Waals surface area contributed by atoms with Gasteiger partial charge in [-0.2, -0.15) is 0 Å². The topological polar surface area (TPSA) is 49.4 Å². The van der Waals surface area contributed by atoms with Crippen molar-refractivity contribution in [2.75, 3.05) is 16.0 Å². The van der Waals surface area contributed by atoms with Gasteiger partial charge in [0.1, 0.15) is 17.0 Å². The summed E-state index contributed by atoms with van der Waals surface area (Å²) in [6.45, 7) is 0. The maximum Gasteiger partial charge on any atom is 0.255 e. The summed E-state index contributed by atoms with van der Waals surface area (Å²) < 4.78 is 27.5. The van der Waals surface area contributed by atoms with Crippen molar-refractivity contribution in [3.05, 3.63) is 95.6 Å². The number of rotatable bonds is 4. The molecule has 1 atom stereocenters. The van der Waals surface area contributed by atoms with E-state index in [1.54, 1.807) is 48.5 Å². The van der Waals surface area contributed by atoms with Gasteiger partial charge in [0.05, 0.1) is 11.4 Å². The summed E-state index contributed by atoms with van der Waals surface area (Å²) in [6, 6.07) is 19.1. The van der Waals surface area contributed by atoms with Crippen molar-refractivity contribution in [3.63, 3.8) is 0 Å². The van der Waals surface area contributed by atoms with Crippen LogP contribution >= 0.6 is 11.8 Å². The zero-order valence-electron chi connectivity index (χ0n) is 15.1. The van der Waals surface area contributed by atoms with E-state index < -0.39 is 17.0 Å². The van der Waals surface area contributed by atoms with Gasteiger partial charge in [0.15, 0.2) is 0 Å². The average Bonchev–Trinajstić information content (AvgIpc) is 3.10. The molecule has 0 saturated carbocycles. The molecule has 146 valence electrons. The number of halogens is 2. The lowest BCUT2D eigenvalue weighted by atomic mass is 10.1. The lowest BCUT2D eigenvalue weighted by Gasteiger charge is -2.25. The zero-order valence-corrected chi connectivity index (χ0v) is 16.0. The number of thioether (sulfide) groups is 1. The number of nitrogens with zero attached hydrogens (tertiary/aromatic N) is 1. The maximum absolute atomic E-state index is 14.2. The molecule has 0 aliphatic carbocycles. The molecule has 2 amide bonds. The third-order valence-corrected chi connectivity index (χ3v) is 5.74. The molecule has 3 aromatic rings. The monoisotopic (exact) mass is 410 g/mol. The third-order valence-electron chi connectivity index (χ3n) is 4.53.